The third kappa shape index (κ3) is 5.87. The molecule has 2 aliphatic heterocycles. The molecule has 2 heterocycles. The number of hydrogen-bond donors (Lipinski definition) is 0. The molecule has 0 spiro atoms. The molecule has 0 radical (unpaired) electrons. The van der Waals surface area contributed by atoms with Gasteiger partial charge in [-0.25, -0.2) is 4.99 Å². The molecule has 10 heteroatoms. The fourth-order valence-electron chi connectivity index (χ4n) is 3.90. The van der Waals surface area contributed by atoms with Crippen molar-refractivity contribution in [1.82, 2.24) is 9.80 Å². The molecule has 0 unspecified atom stereocenters. The van der Waals surface area contributed by atoms with Gasteiger partial charge in [0.15, 0.2) is 16.7 Å². The minimum atomic E-state index is -0.107. The average molecular weight is 621 g/mol. The zero-order chi connectivity index (χ0) is 25.7. The van der Waals surface area contributed by atoms with Crippen LogP contribution in [0, 0.1) is 3.57 Å². The normalized spacial score (nSPS) is 18.3. The van der Waals surface area contributed by atoms with E-state index in [4.69, 9.17) is 19.2 Å². The number of halogens is 1. The van der Waals surface area contributed by atoms with Crippen molar-refractivity contribution in [2.75, 3.05) is 46.6 Å². The first kappa shape index (κ1) is 26.5. The van der Waals surface area contributed by atoms with Crippen LogP contribution in [-0.4, -0.2) is 73.3 Å². The van der Waals surface area contributed by atoms with E-state index in [2.05, 4.69) is 22.6 Å². The number of likely N-dealkylation sites (N-methyl/N-ethyl adjacent to an activating group) is 1. The van der Waals surface area contributed by atoms with Gasteiger partial charge in [0, 0.05) is 25.2 Å². The Balaban J connectivity index is 1.60. The van der Waals surface area contributed by atoms with Gasteiger partial charge >= 0.3 is 0 Å². The quantitative estimate of drug-likeness (QED) is 0.327. The van der Waals surface area contributed by atoms with Crippen LogP contribution < -0.4 is 9.47 Å². The molecule has 4 rings (SSSR count). The molecule has 190 valence electrons. The van der Waals surface area contributed by atoms with Gasteiger partial charge in [-0.2, -0.15) is 0 Å². The number of rotatable bonds is 7. The molecule has 0 N–H and O–H groups in total. The van der Waals surface area contributed by atoms with Crippen LogP contribution in [0.2, 0.25) is 0 Å². The largest absolute Gasteiger partial charge is 0.493 e. The Bertz CT molecular complexity index is 1210. The molecule has 36 heavy (non-hydrogen) atoms. The number of ether oxygens (including phenoxy) is 3. The number of aliphatic imine (C=N–C) groups is 1. The highest BCUT2D eigenvalue weighted by Crippen LogP contribution is 2.38. The minimum absolute atomic E-state index is 0.0394. The molecule has 2 aromatic rings. The fourth-order valence-corrected chi connectivity index (χ4v) is 5.74. The zero-order valence-electron chi connectivity index (χ0n) is 20.5. The molecule has 0 saturated carbocycles. The Labute approximate surface area is 228 Å². The number of nitrogens with zero attached hydrogens (tertiary/aromatic N) is 3. The summed E-state index contributed by atoms with van der Waals surface area (Å²) >= 11 is 3.53. The van der Waals surface area contributed by atoms with Gasteiger partial charge in [-0.1, -0.05) is 6.07 Å². The van der Waals surface area contributed by atoms with Gasteiger partial charge < -0.3 is 19.1 Å². The van der Waals surface area contributed by atoms with E-state index in [9.17, 15) is 9.59 Å². The summed E-state index contributed by atoms with van der Waals surface area (Å²) in [5.41, 5.74) is 2.04. The van der Waals surface area contributed by atoms with Crippen LogP contribution in [0.25, 0.3) is 6.08 Å². The van der Waals surface area contributed by atoms with Gasteiger partial charge in [-0.05, 0) is 90.2 Å². The molecule has 2 aromatic carbocycles. The first-order valence-electron chi connectivity index (χ1n) is 11.7. The molecule has 2 amide bonds. The average Bonchev–Trinajstić information content (AvgIpc) is 3.18. The summed E-state index contributed by atoms with van der Waals surface area (Å²) in [6, 6.07) is 11.0. The van der Waals surface area contributed by atoms with E-state index in [1.165, 1.54) is 11.8 Å². The number of carbonyl (C=O) groups is 2. The van der Waals surface area contributed by atoms with Crippen LogP contribution >= 0.6 is 34.4 Å². The van der Waals surface area contributed by atoms with Gasteiger partial charge in [-0.15, -0.1) is 0 Å². The van der Waals surface area contributed by atoms with Crippen molar-refractivity contribution in [3.05, 3.63) is 56.0 Å². The second-order valence-corrected chi connectivity index (χ2v) is 10.1. The first-order valence-corrected chi connectivity index (χ1v) is 13.6. The minimum Gasteiger partial charge on any atom is -0.493 e. The molecule has 0 bridgehead atoms. The van der Waals surface area contributed by atoms with Crippen LogP contribution in [0.3, 0.4) is 0 Å². The van der Waals surface area contributed by atoms with E-state index in [0.717, 1.165) is 9.13 Å². The van der Waals surface area contributed by atoms with Crippen molar-refractivity contribution in [2.24, 2.45) is 4.99 Å². The molecule has 8 nitrogen and oxygen atoms in total. The van der Waals surface area contributed by atoms with Crippen molar-refractivity contribution in [3.63, 3.8) is 0 Å². The van der Waals surface area contributed by atoms with Crippen molar-refractivity contribution in [2.45, 2.75) is 13.8 Å². The van der Waals surface area contributed by atoms with Crippen molar-refractivity contribution >= 4 is 63.1 Å². The van der Waals surface area contributed by atoms with E-state index in [-0.39, 0.29) is 11.8 Å². The molecule has 2 saturated heterocycles. The summed E-state index contributed by atoms with van der Waals surface area (Å²) in [7, 11) is 1.60. The van der Waals surface area contributed by atoms with Gasteiger partial charge in [0.2, 0.25) is 0 Å². The standard InChI is InChI=1S/C26H28IN3O5S/c1-4-30-25(32)22(15-17-13-20(27)23(35-5-2)21(14-17)33-3)36-26(30)28-19-8-6-7-18(16-19)24(31)29-9-11-34-12-10-29/h6-8,13-16H,4-5,9-12H2,1-3H3/b22-15+,28-26?. The maximum atomic E-state index is 13.2. The van der Waals surface area contributed by atoms with Crippen LogP contribution in [0.1, 0.15) is 29.8 Å². The summed E-state index contributed by atoms with van der Waals surface area (Å²) in [6.45, 7) is 7.11. The highest BCUT2D eigenvalue weighted by molar-refractivity contribution is 14.1. The SMILES string of the molecule is CCOc1c(I)cc(/C=C2/SC(=Nc3cccc(C(=O)N4CCOCC4)c3)N(CC)C2=O)cc1OC. The predicted octanol–water partition coefficient (Wildman–Crippen LogP) is 4.79. The van der Waals surface area contributed by atoms with Crippen molar-refractivity contribution in [1.29, 1.82) is 0 Å². The Morgan fingerprint density at radius 3 is 2.69 bits per heavy atom. The number of amidine groups is 1. The first-order chi connectivity index (χ1) is 17.4. The summed E-state index contributed by atoms with van der Waals surface area (Å²) in [4.78, 5) is 34.8. The van der Waals surface area contributed by atoms with Crippen LogP contribution in [-0.2, 0) is 9.53 Å². The highest BCUT2D eigenvalue weighted by atomic mass is 127. The van der Waals surface area contributed by atoms with Gasteiger partial charge in [0.25, 0.3) is 11.8 Å². The molecular weight excluding hydrogens is 593 g/mol. The lowest BCUT2D eigenvalue weighted by atomic mass is 10.1. The highest BCUT2D eigenvalue weighted by Gasteiger charge is 2.32. The lowest BCUT2D eigenvalue weighted by molar-refractivity contribution is -0.122. The summed E-state index contributed by atoms with van der Waals surface area (Å²) in [5, 5.41) is 0.581. The van der Waals surface area contributed by atoms with Gasteiger partial charge in [-0.3, -0.25) is 14.5 Å². The second kappa shape index (κ2) is 12.1. The topological polar surface area (TPSA) is 80.7 Å². The van der Waals surface area contributed by atoms with E-state index in [1.54, 1.807) is 29.0 Å². The van der Waals surface area contributed by atoms with Crippen molar-refractivity contribution in [3.8, 4) is 11.5 Å². The van der Waals surface area contributed by atoms with Crippen LogP contribution in [0.4, 0.5) is 5.69 Å². The Morgan fingerprint density at radius 2 is 2.00 bits per heavy atom. The third-order valence-corrected chi connectivity index (χ3v) is 7.47. The van der Waals surface area contributed by atoms with E-state index in [0.29, 0.717) is 72.3 Å². The maximum Gasteiger partial charge on any atom is 0.266 e. The predicted molar refractivity (Wildman–Crippen MR) is 150 cm³/mol. The van der Waals surface area contributed by atoms with E-state index < -0.39 is 0 Å². The third-order valence-electron chi connectivity index (χ3n) is 5.66. The van der Waals surface area contributed by atoms with Gasteiger partial charge in [0.05, 0.1) is 41.1 Å². The monoisotopic (exact) mass is 621 g/mol. The number of hydrogen-bond acceptors (Lipinski definition) is 7. The molecule has 0 atom stereocenters. The number of thioether (sulfide) groups is 1. The Hall–Kier alpha value is -2.57. The maximum absolute atomic E-state index is 13.2. The van der Waals surface area contributed by atoms with Crippen LogP contribution in [0.5, 0.6) is 11.5 Å². The van der Waals surface area contributed by atoms with Crippen LogP contribution in [0.15, 0.2) is 46.3 Å². The molecule has 2 aliphatic rings. The summed E-state index contributed by atoms with van der Waals surface area (Å²) < 4.78 is 17.5. The van der Waals surface area contributed by atoms with Crippen molar-refractivity contribution < 1.29 is 23.8 Å². The molecular formula is C26H28IN3O5S. The summed E-state index contributed by atoms with van der Waals surface area (Å²) in [5.74, 6) is 1.17. The van der Waals surface area contributed by atoms with E-state index >= 15 is 0 Å². The fraction of sp³-hybridized carbons (Fsp3) is 0.346. The van der Waals surface area contributed by atoms with Gasteiger partial charge in [0.1, 0.15) is 0 Å². The number of amides is 2. The number of carbonyl (C=O) groups excluding carboxylic acids is 2. The van der Waals surface area contributed by atoms with E-state index in [1.807, 2.05) is 44.2 Å². The molecule has 0 aromatic heterocycles. The zero-order valence-corrected chi connectivity index (χ0v) is 23.4. The Kier molecular flexibility index (Phi) is 8.91. The number of morpholine rings is 1. The lowest BCUT2D eigenvalue weighted by Gasteiger charge is -2.26. The lowest BCUT2D eigenvalue weighted by Crippen LogP contribution is -2.40. The number of methoxy groups -OCH3 is 1. The molecule has 2 fully saturated rings. The Morgan fingerprint density at radius 1 is 1.22 bits per heavy atom. The summed E-state index contributed by atoms with van der Waals surface area (Å²) in [6.07, 6.45) is 1.84. The number of benzene rings is 2. The molecule has 0 aliphatic carbocycles. The smallest absolute Gasteiger partial charge is 0.266 e. The second-order valence-electron chi connectivity index (χ2n) is 7.98.